The maximum atomic E-state index is 12.3. The highest BCUT2D eigenvalue weighted by Crippen LogP contribution is 2.18. The number of hydrogen-bond donors (Lipinski definition) is 0. The fourth-order valence-corrected chi connectivity index (χ4v) is 4.03. The van der Waals surface area contributed by atoms with Crippen molar-refractivity contribution in [2.24, 2.45) is 0 Å². The molecule has 2 heterocycles. The summed E-state index contributed by atoms with van der Waals surface area (Å²) in [5, 5.41) is 0.653. The van der Waals surface area contributed by atoms with Gasteiger partial charge in [-0.2, -0.15) is 0 Å². The molecule has 0 unspecified atom stereocenters. The third-order valence-electron chi connectivity index (χ3n) is 5.92. The molecular formula is C24H28N2O2. The quantitative estimate of drug-likeness (QED) is 0.689. The van der Waals surface area contributed by atoms with Crippen molar-refractivity contribution in [2.75, 3.05) is 26.2 Å². The third-order valence-corrected chi connectivity index (χ3v) is 5.92. The van der Waals surface area contributed by atoms with Gasteiger partial charge in [-0.05, 0) is 55.2 Å². The van der Waals surface area contributed by atoms with Crippen LogP contribution in [0.1, 0.15) is 28.0 Å². The Morgan fingerprint density at radius 3 is 2.14 bits per heavy atom. The minimum Gasteiger partial charge on any atom is -0.459 e. The summed E-state index contributed by atoms with van der Waals surface area (Å²) < 4.78 is 5.95. The molecule has 4 heteroatoms. The van der Waals surface area contributed by atoms with Gasteiger partial charge in [0.05, 0.1) is 11.9 Å². The van der Waals surface area contributed by atoms with E-state index in [1.807, 2.05) is 24.3 Å². The van der Waals surface area contributed by atoms with Crippen molar-refractivity contribution in [3.8, 4) is 0 Å². The predicted molar refractivity (Wildman–Crippen MR) is 114 cm³/mol. The highest BCUT2D eigenvalue weighted by atomic mass is 16.3. The summed E-state index contributed by atoms with van der Waals surface area (Å²) in [5.41, 5.74) is 6.26. The van der Waals surface area contributed by atoms with E-state index in [1.54, 1.807) is 6.07 Å². The van der Waals surface area contributed by atoms with Gasteiger partial charge in [-0.3, -0.25) is 14.6 Å². The van der Waals surface area contributed by atoms with Gasteiger partial charge in [-0.25, -0.2) is 0 Å². The topological polar surface area (TPSA) is 36.7 Å². The van der Waals surface area contributed by atoms with E-state index in [9.17, 15) is 4.79 Å². The normalized spacial score (nSPS) is 16.0. The van der Waals surface area contributed by atoms with Crippen LogP contribution in [0.25, 0.3) is 11.0 Å². The van der Waals surface area contributed by atoms with E-state index in [2.05, 4.69) is 42.7 Å². The minimum atomic E-state index is 0.0422. The Bertz CT molecular complexity index is 1020. The van der Waals surface area contributed by atoms with Gasteiger partial charge in [0, 0.05) is 38.8 Å². The summed E-state index contributed by atoms with van der Waals surface area (Å²) in [6.07, 6.45) is 0. The summed E-state index contributed by atoms with van der Waals surface area (Å²) in [4.78, 5) is 17.2. The van der Waals surface area contributed by atoms with Crippen molar-refractivity contribution in [3.63, 3.8) is 0 Å². The highest BCUT2D eigenvalue weighted by Gasteiger charge is 2.18. The first-order valence-electron chi connectivity index (χ1n) is 10.0. The molecule has 0 radical (unpaired) electrons. The molecule has 3 aromatic rings. The van der Waals surface area contributed by atoms with Crippen molar-refractivity contribution < 1.29 is 4.42 Å². The van der Waals surface area contributed by atoms with E-state index < -0.39 is 0 Å². The van der Waals surface area contributed by atoms with E-state index in [0.717, 1.165) is 38.5 Å². The first-order valence-corrected chi connectivity index (χ1v) is 10.0. The van der Waals surface area contributed by atoms with E-state index in [-0.39, 0.29) is 5.43 Å². The van der Waals surface area contributed by atoms with Crippen LogP contribution in [0.4, 0.5) is 0 Å². The lowest BCUT2D eigenvalue weighted by Gasteiger charge is -2.34. The number of nitrogens with zero attached hydrogens (tertiary/aromatic N) is 2. The van der Waals surface area contributed by atoms with Crippen LogP contribution in [0, 0.1) is 20.8 Å². The Kier molecular flexibility index (Phi) is 5.33. The number of para-hydroxylation sites is 1. The van der Waals surface area contributed by atoms with Crippen LogP contribution < -0.4 is 5.43 Å². The summed E-state index contributed by atoms with van der Waals surface area (Å²) in [6.45, 7) is 12.3. The monoisotopic (exact) mass is 376 g/mol. The number of rotatable bonds is 4. The van der Waals surface area contributed by atoms with Crippen molar-refractivity contribution in [1.82, 2.24) is 9.80 Å². The maximum absolute atomic E-state index is 12.3. The maximum Gasteiger partial charge on any atom is 0.192 e. The lowest BCUT2D eigenvalue weighted by Crippen LogP contribution is -2.45. The second kappa shape index (κ2) is 7.90. The summed E-state index contributed by atoms with van der Waals surface area (Å²) in [6, 6.07) is 13.7. The zero-order chi connectivity index (χ0) is 19.7. The Labute approximate surface area is 166 Å². The molecule has 2 aromatic carbocycles. The first-order chi connectivity index (χ1) is 13.5. The summed E-state index contributed by atoms with van der Waals surface area (Å²) in [7, 11) is 0. The second-order valence-electron chi connectivity index (χ2n) is 7.98. The zero-order valence-corrected chi connectivity index (χ0v) is 17.0. The van der Waals surface area contributed by atoms with Crippen LogP contribution in [-0.4, -0.2) is 36.0 Å². The molecular weight excluding hydrogens is 348 g/mol. The number of fused-ring (bicyclic) bond motifs is 1. The molecule has 146 valence electrons. The largest absolute Gasteiger partial charge is 0.459 e. The molecule has 0 atom stereocenters. The van der Waals surface area contributed by atoms with E-state index in [4.69, 9.17) is 4.42 Å². The Hall–Kier alpha value is -2.43. The van der Waals surface area contributed by atoms with Gasteiger partial charge in [0.25, 0.3) is 0 Å². The van der Waals surface area contributed by atoms with Gasteiger partial charge < -0.3 is 4.42 Å². The molecule has 0 saturated carbocycles. The lowest BCUT2D eigenvalue weighted by atomic mass is 10.0. The van der Waals surface area contributed by atoms with Crippen LogP contribution in [0.2, 0.25) is 0 Å². The summed E-state index contributed by atoms with van der Waals surface area (Å²) >= 11 is 0. The lowest BCUT2D eigenvalue weighted by molar-refractivity contribution is 0.116. The smallest absolute Gasteiger partial charge is 0.192 e. The van der Waals surface area contributed by atoms with Gasteiger partial charge in [0.2, 0.25) is 0 Å². The average Bonchev–Trinajstić information content (AvgIpc) is 2.68. The second-order valence-corrected chi connectivity index (χ2v) is 7.98. The number of hydrogen-bond acceptors (Lipinski definition) is 4. The summed E-state index contributed by atoms with van der Waals surface area (Å²) in [5.74, 6) is 0.752. The third kappa shape index (κ3) is 4.03. The minimum absolute atomic E-state index is 0.0422. The predicted octanol–water partition coefficient (Wildman–Crippen LogP) is 4.04. The molecule has 1 aliphatic rings. The molecule has 0 N–H and O–H groups in total. The Morgan fingerprint density at radius 1 is 0.857 bits per heavy atom. The van der Waals surface area contributed by atoms with Gasteiger partial charge in [-0.1, -0.05) is 24.3 Å². The van der Waals surface area contributed by atoms with Crippen molar-refractivity contribution >= 4 is 11.0 Å². The van der Waals surface area contributed by atoms with Crippen molar-refractivity contribution in [3.05, 3.63) is 80.7 Å². The van der Waals surface area contributed by atoms with Gasteiger partial charge in [-0.15, -0.1) is 0 Å². The van der Waals surface area contributed by atoms with E-state index in [1.165, 1.54) is 22.3 Å². The average molecular weight is 377 g/mol. The van der Waals surface area contributed by atoms with E-state index >= 15 is 0 Å². The van der Waals surface area contributed by atoms with Crippen LogP contribution in [0.3, 0.4) is 0 Å². The Balaban J connectivity index is 1.38. The molecule has 1 saturated heterocycles. The standard InChI is InChI=1S/C24H28N2O2/c1-17-12-20(13-18(2)19(17)3)15-25-8-10-26(11-9-25)16-21-14-23(27)22-6-4-5-7-24(22)28-21/h4-7,12-14H,8-11,15-16H2,1-3H3. The van der Waals surface area contributed by atoms with Crippen molar-refractivity contribution in [2.45, 2.75) is 33.9 Å². The molecule has 0 spiro atoms. The van der Waals surface area contributed by atoms with Crippen LogP contribution in [0.5, 0.6) is 0 Å². The molecule has 4 nitrogen and oxygen atoms in total. The molecule has 0 aliphatic carbocycles. The van der Waals surface area contributed by atoms with Crippen molar-refractivity contribution in [1.29, 1.82) is 0 Å². The van der Waals surface area contributed by atoms with E-state index in [0.29, 0.717) is 17.5 Å². The zero-order valence-electron chi connectivity index (χ0n) is 17.0. The number of aryl methyl sites for hydroxylation is 2. The van der Waals surface area contributed by atoms with Crippen LogP contribution >= 0.6 is 0 Å². The van der Waals surface area contributed by atoms with Gasteiger partial charge in [0.15, 0.2) is 5.43 Å². The number of benzene rings is 2. The molecule has 28 heavy (non-hydrogen) atoms. The Morgan fingerprint density at radius 2 is 1.46 bits per heavy atom. The number of piperazine rings is 1. The SMILES string of the molecule is Cc1cc(CN2CCN(Cc3cc(=O)c4ccccc4o3)CC2)cc(C)c1C. The highest BCUT2D eigenvalue weighted by molar-refractivity contribution is 5.76. The van der Waals surface area contributed by atoms with Crippen LogP contribution in [0.15, 0.2) is 51.7 Å². The first kappa shape index (κ1) is 18.9. The fourth-order valence-electron chi connectivity index (χ4n) is 4.03. The molecule has 1 aromatic heterocycles. The van der Waals surface area contributed by atoms with Gasteiger partial charge in [0.1, 0.15) is 11.3 Å². The fraction of sp³-hybridized carbons (Fsp3) is 0.375. The molecule has 1 fully saturated rings. The van der Waals surface area contributed by atoms with Crippen LogP contribution in [-0.2, 0) is 13.1 Å². The molecule has 0 amide bonds. The molecule has 4 rings (SSSR count). The molecule has 1 aliphatic heterocycles. The molecule has 0 bridgehead atoms. The van der Waals surface area contributed by atoms with Gasteiger partial charge >= 0.3 is 0 Å².